The highest BCUT2D eigenvalue weighted by molar-refractivity contribution is 5.30. The van der Waals surface area contributed by atoms with E-state index in [0.29, 0.717) is 11.6 Å². The molecule has 1 N–H and O–H groups in total. The molecule has 1 saturated heterocycles. The summed E-state index contributed by atoms with van der Waals surface area (Å²) in [5.41, 5.74) is 1.69. The molecule has 1 fully saturated rings. The van der Waals surface area contributed by atoms with E-state index in [4.69, 9.17) is 5.26 Å². The van der Waals surface area contributed by atoms with Gasteiger partial charge in [0.25, 0.3) is 0 Å². The average molecular weight is 173 g/mol. The minimum Gasteiger partial charge on any atom is -0.309 e. The highest BCUT2D eigenvalue weighted by atomic mass is 15.0. The molecule has 1 atom stereocenters. The van der Waals surface area contributed by atoms with Crippen LogP contribution in [0.15, 0.2) is 18.3 Å². The zero-order valence-electron chi connectivity index (χ0n) is 7.33. The molecular weight excluding hydrogens is 162 g/mol. The molecule has 0 spiro atoms. The van der Waals surface area contributed by atoms with Crippen LogP contribution < -0.4 is 5.32 Å². The standard InChI is InChI=1S/C10H11N3/c11-7-8-3-5-13-10(6-8)9-2-1-4-12-9/h3,5-6,9,12H,1-2,4H2/t9-/m0/s1. The highest BCUT2D eigenvalue weighted by Gasteiger charge is 2.17. The largest absolute Gasteiger partial charge is 0.309 e. The van der Waals surface area contributed by atoms with Crippen molar-refractivity contribution >= 4 is 0 Å². The van der Waals surface area contributed by atoms with Crippen LogP contribution in [0.5, 0.6) is 0 Å². The number of hydrogen-bond acceptors (Lipinski definition) is 3. The van der Waals surface area contributed by atoms with Gasteiger partial charge in [-0.05, 0) is 31.5 Å². The van der Waals surface area contributed by atoms with Gasteiger partial charge in [0.1, 0.15) is 0 Å². The van der Waals surface area contributed by atoms with Crippen molar-refractivity contribution in [3.05, 3.63) is 29.6 Å². The van der Waals surface area contributed by atoms with Gasteiger partial charge < -0.3 is 5.32 Å². The van der Waals surface area contributed by atoms with Gasteiger partial charge in [-0.1, -0.05) is 0 Å². The van der Waals surface area contributed by atoms with Crippen LogP contribution in [0.3, 0.4) is 0 Å². The van der Waals surface area contributed by atoms with Gasteiger partial charge in [0, 0.05) is 12.2 Å². The monoisotopic (exact) mass is 173 g/mol. The van der Waals surface area contributed by atoms with Crippen LogP contribution in [0.2, 0.25) is 0 Å². The fraction of sp³-hybridized carbons (Fsp3) is 0.400. The molecule has 1 aromatic rings. The number of pyridine rings is 1. The second kappa shape index (κ2) is 3.55. The predicted molar refractivity (Wildman–Crippen MR) is 48.9 cm³/mol. The molecule has 1 aliphatic rings. The molecule has 3 heteroatoms. The summed E-state index contributed by atoms with van der Waals surface area (Å²) in [6, 6.07) is 6.08. The number of nitrogens with zero attached hydrogens (tertiary/aromatic N) is 2. The minimum absolute atomic E-state index is 0.355. The van der Waals surface area contributed by atoms with Gasteiger partial charge in [-0.2, -0.15) is 5.26 Å². The van der Waals surface area contributed by atoms with E-state index in [0.717, 1.165) is 18.7 Å². The highest BCUT2D eigenvalue weighted by Crippen LogP contribution is 2.21. The Hall–Kier alpha value is -1.40. The average Bonchev–Trinajstić information content (AvgIpc) is 2.71. The van der Waals surface area contributed by atoms with E-state index < -0.39 is 0 Å². The second-order valence-electron chi connectivity index (χ2n) is 3.23. The third kappa shape index (κ3) is 1.68. The Morgan fingerprint density at radius 2 is 2.54 bits per heavy atom. The van der Waals surface area contributed by atoms with Crippen LogP contribution in [0.25, 0.3) is 0 Å². The van der Waals surface area contributed by atoms with E-state index >= 15 is 0 Å². The van der Waals surface area contributed by atoms with Crippen molar-refractivity contribution in [3.63, 3.8) is 0 Å². The Morgan fingerprint density at radius 3 is 3.23 bits per heavy atom. The Kier molecular flexibility index (Phi) is 2.24. The van der Waals surface area contributed by atoms with Gasteiger partial charge in [-0.15, -0.1) is 0 Å². The van der Waals surface area contributed by atoms with Crippen molar-refractivity contribution in [2.75, 3.05) is 6.54 Å². The van der Waals surface area contributed by atoms with Crippen LogP contribution >= 0.6 is 0 Å². The molecule has 0 bridgehead atoms. The van der Waals surface area contributed by atoms with Crippen LogP contribution in [0.1, 0.15) is 30.1 Å². The molecule has 66 valence electrons. The number of nitrogens with one attached hydrogen (secondary N) is 1. The smallest absolute Gasteiger partial charge is 0.0992 e. The summed E-state index contributed by atoms with van der Waals surface area (Å²) < 4.78 is 0. The van der Waals surface area contributed by atoms with Gasteiger partial charge in [0.2, 0.25) is 0 Å². The molecule has 1 aliphatic heterocycles. The zero-order valence-corrected chi connectivity index (χ0v) is 7.33. The Morgan fingerprint density at radius 1 is 1.62 bits per heavy atom. The summed E-state index contributed by atoms with van der Waals surface area (Å²) in [6.45, 7) is 1.06. The first-order chi connectivity index (χ1) is 6.40. The molecule has 0 aliphatic carbocycles. The van der Waals surface area contributed by atoms with Crippen molar-refractivity contribution in [2.45, 2.75) is 18.9 Å². The van der Waals surface area contributed by atoms with Gasteiger partial charge in [-0.3, -0.25) is 4.98 Å². The quantitative estimate of drug-likeness (QED) is 0.698. The summed E-state index contributed by atoms with van der Waals surface area (Å²) in [7, 11) is 0. The lowest BCUT2D eigenvalue weighted by atomic mass is 10.1. The van der Waals surface area contributed by atoms with Crippen LogP contribution in [0, 0.1) is 11.3 Å². The van der Waals surface area contributed by atoms with Gasteiger partial charge in [0.05, 0.1) is 17.3 Å². The van der Waals surface area contributed by atoms with Gasteiger partial charge in [0.15, 0.2) is 0 Å². The van der Waals surface area contributed by atoms with Gasteiger partial charge >= 0.3 is 0 Å². The van der Waals surface area contributed by atoms with Crippen molar-refractivity contribution in [1.82, 2.24) is 10.3 Å². The molecule has 0 aromatic carbocycles. The van der Waals surface area contributed by atoms with E-state index in [1.807, 2.05) is 6.07 Å². The molecular formula is C10H11N3. The van der Waals surface area contributed by atoms with E-state index in [1.54, 1.807) is 12.3 Å². The van der Waals surface area contributed by atoms with Crippen LogP contribution in [-0.2, 0) is 0 Å². The lowest BCUT2D eigenvalue weighted by Gasteiger charge is -2.08. The number of nitriles is 1. The second-order valence-corrected chi connectivity index (χ2v) is 3.23. The van der Waals surface area contributed by atoms with E-state index in [-0.39, 0.29) is 0 Å². The number of aromatic nitrogens is 1. The van der Waals surface area contributed by atoms with Crippen molar-refractivity contribution in [1.29, 1.82) is 5.26 Å². The first-order valence-electron chi connectivity index (χ1n) is 4.49. The summed E-state index contributed by atoms with van der Waals surface area (Å²) in [5, 5.41) is 12.1. The minimum atomic E-state index is 0.355. The summed E-state index contributed by atoms with van der Waals surface area (Å²) >= 11 is 0. The molecule has 2 heterocycles. The molecule has 0 radical (unpaired) electrons. The lowest BCUT2D eigenvalue weighted by molar-refractivity contribution is 0.627. The maximum absolute atomic E-state index is 8.71. The SMILES string of the molecule is N#Cc1ccnc([C@@H]2CCCN2)c1. The van der Waals surface area contributed by atoms with Crippen molar-refractivity contribution in [2.24, 2.45) is 0 Å². The predicted octanol–water partition coefficient (Wildman–Crippen LogP) is 1.38. The van der Waals surface area contributed by atoms with E-state index in [1.165, 1.54) is 6.42 Å². The fourth-order valence-corrected chi connectivity index (χ4v) is 1.65. The number of rotatable bonds is 1. The topological polar surface area (TPSA) is 48.7 Å². The first-order valence-corrected chi connectivity index (χ1v) is 4.49. The fourth-order valence-electron chi connectivity index (χ4n) is 1.65. The Bertz CT molecular complexity index is 334. The molecule has 0 amide bonds. The molecule has 3 nitrogen and oxygen atoms in total. The third-order valence-corrected chi connectivity index (χ3v) is 2.33. The van der Waals surface area contributed by atoms with Crippen LogP contribution in [0.4, 0.5) is 0 Å². The molecule has 0 saturated carbocycles. The van der Waals surface area contributed by atoms with E-state index in [9.17, 15) is 0 Å². The molecule has 1 aromatic heterocycles. The molecule has 13 heavy (non-hydrogen) atoms. The van der Waals surface area contributed by atoms with Gasteiger partial charge in [-0.25, -0.2) is 0 Å². The first kappa shape index (κ1) is 8.21. The van der Waals surface area contributed by atoms with E-state index in [2.05, 4.69) is 16.4 Å². The molecule has 0 unspecified atom stereocenters. The third-order valence-electron chi connectivity index (χ3n) is 2.33. The molecule has 2 rings (SSSR count). The lowest BCUT2D eigenvalue weighted by Crippen LogP contribution is -2.14. The Balaban J connectivity index is 2.25. The Labute approximate surface area is 77.4 Å². The van der Waals surface area contributed by atoms with Crippen molar-refractivity contribution in [3.8, 4) is 6.07 Å². The summed E-state index contributed by atoms with van der Waals surface area (Å²) in [6.07, 6.45) is 4.03. The van der Waals surface area contributed by atoms with Crippen LogP contribution in [-0.4, -0.2) is 11.5 Å². The number of hydrogen-bond donors (Lipinski definition) is 1. The summed E-state index contributed by atoms with van der Waals surface area (Å²) in [4.78, 5) is 4.26. The maximum atomic E-state index is 8.71. The maximum Gasteiger partial charge on any atom is 0.0992 e. The van der Waals surface area contributed by atoms with Crippen molar-refractivity contribution < 1.29 is 0 Å². The normalized spacial score (nSPS) is 21.3. The zero-order chi connectivity index (χ0) is 9.10. The summed E-state index contributed by atoms with van der Waals surface area (Å²) in [5.74, 6) is 0.